The van der Waals surface area contributed by atoms with E-state index >= 15 is 0 Å². The molecule has 0 saturated carbocycles. The SMILES string of the molecule is Nc1cccc(-n2ccnc2-c2ccccc2)c1. The normalized spacial score (nSPS) is 10.4. The molecule has 3 aromatic rings. The molecule has 0 aliphatic carbocycles. The van der Waals surface area contributed by atoms with Crippen LogP contribution in [0.3, 0.4) is 0 Å². The number of hydrogen-bond donors (Lipinski definition) is 1. The van der Waals surface area contributed by atoms with Gasteiger partial charge in [-0.3, -0.25) is 4.57 Å². The van der Waals surface area contributed by atoms with Crippen LogP contribution >= 0.6 is 0 Å². The predicted molar refractivity (Wildman–Crippen MR) is 73.4 cm³/mol. The number of nitrogen functional groups attached to an aromatic ring is 1. The zero-order chi connectivity index (χ0) is 12.4. The molecule has 1 aromatic heterocycles. The Bertz CT molecular complexity index is 656. The summed E-state index contributed by atoms with van der Waals surface area (Å²) in [5, 5.41) is 0. The third kappa shape index (κ3) is 1.86. The number of benzene rings is 2. The van der Waals surface area contributed by atoms with Crippen molar-refractivity contribution in [1.29, 1.82) is 0 Å². The summed E-state index contributed by atoms with van der Waals surface area (Å²) in [6.45, 7) is 0. The smallest absolute Gasteiger partial charge is 0.144 e. The van der Waals surface area contributed by atoms with E-state index in [1.165, 1.54) is 0 Å². The summed E-state index contributed by atoms with van der Waals surface area (Å²) in [6.07, 6.45) is 3.74. The molecule has 3 nitrogen and oxygen atoms in total. The molecular weight excluding hydrogens is 222 g/mol. The summed E-state index contributed by atoms with van der Waals surface area (Å²) in [7, 11) is 0. The average Bonchev–Trinajstić information content (AvgIpc) is 2.89. The van der Waals surface area contributed by atoms with Gasteiger partial charge in [-0.2, -0.15) is 0 Å². The van der Waals surface area contributed by atoms with Gasteiger partial charge in [0, 0.05) is 29.3 Å². The average molecular weight is 235 g/mol. The van der Waals surface area contributed by atoms with Crippen molar-refractivity contribution >= 4 is 5.69 Å². The number of nitrogens with two attached hydrogens (primary N) is 1. The van der Waals surface area contributed by atoms with Crippen LogP contribution in [0.15, 0.2) is 67.0 Å². The van der Waals surface area contributed by atoms with Gasteiger partial charge >= 0.3 is 0 Å². The molecule has 18 heavy (non-hydrogen) atoms. The summed E-state index contributed by atoms with van der Waals surface area (Å²) in [4.78, 5) is 4.41. The topological polar surface area (TPSA) is 43.8 Å². The minimum Gasteiger partial charge on any atom is -0.399 e. The second kappa shape index (κ2) is 4.37. The van der Waals surface area contributed by atoms with Gasteiger partial charge in [-0.05, 0) is 18.2 Å². The molecule has 0 aliphatic rings. The van der Waals surface area contributed by atoms with Crippen LogP contribution in [-0.4, -0.2) is 9.55 Å². The molecule has 2 aromatic carbocycles. The molecule has 0 spiro atoms. The van der Waals surface area contributed by atoms with Crippen LogP contribution in [0.5, 0.6) is 0 Å². The lowest BCUT2D eigenvalue weighted by atomic mass is 10.2. The van der Waals surface area contributed by atoms with Gasteiger partial charge in [0.25, 0.3) is 0 Å². The summed E-state index contributed by atoms with van der Waals surface area (Å²) in [5.41, 5.74) is 8.68. The fourth-order valence-electron chi connectivity index (χ4n) is 1.99. The van der Waals surface area contributed by atoms with Crippen LogP contribution in [-0.2, 0) is 0 Å². The minimum atomic E-state index is 0.750. The van der Waals surface area contributed by atoms with Crippen LogP contribution in [0.1, 0.15) is 0 Å². The highest BCUT2D eigenvalue weighted by atomic mass is 15.1. The highest BCUT2D eigenvalue weighted by Crippen LogP contribution is 2.21. The van der Waals surface area contributed by atoms with Crippen LogP contribution < -0.4 is 5.73 Å². The zero-order valence-electron chi connectivity index (χ0n) is 9.82. The Morgan fingerprint density at radius 3 is 2.56 bits per heavy atom. The lowest BCUT2D eigenvalue weighted by Gasteiger charge is -2.08. The van der Waals surface area contributed by atoms with Crippen molar-refractivity contribution in [2.75, 3.05) is 5.73 Å². The number of nitrogens with zero attached hydrogens (tertiary/aromatic N) is 2. The molecule has 2 N–H and O–H groups in total. The van der Waals surface area contributed by atoms with E-state index in [-0.39, 0.29) is 0 Å². The van der Waals surface area contributed by atoms with Crippen LogP contribution in [0.2, 0.25) is 0 Å². The number of imidazole rings is 1. The van der Waals surface area contributed by atoms with Crippen molar-refractivity contribution in [3.63, 3.8) is 0 Å². The van der Waals surface area contributed by atoms with E-state index in [1.807, 2.05) is 65.4 Å². The molecule has 0 saturated heterocycles. The van der Waals surface area contributed by atoms with Crippen molar-refractivity contribution in [2.45, 2.75) is 0 Å². The first-order valence-electron chi connectivity index (χ1n) is 5.79. The summed E-state index contributed by atoms with van der Waals surface area (Å²) in [5.74, 6) is 0.918. The van der Waals surface area contributed by atoms with Gasteiger partial charge in [-0.15, -0.1) is 0 Å². The zero-order valence-corrected chi connectivity index (χ0v) is 9.82. The standard InChI is InChI=1S/C15H13N3/c16-13-7-4-8-14(11-13)18-10-9-17-15(18)12-5-2-1-3-6-12/h1-11H,16H2. The molecule has 0 amide bonds. The highest BCUT2D eigenvalue weighted by molar-refractivity contribution is 5.59. The lowest BCUT2D eigenvalue weighted by Crippen LogP contribution is -1.97. The lowest BCUT2D eigenvalue weighted by molar-refractivity contribution is 1.07. The second-order valence-corrected chi connectivity index (χ2v) is 4.08. The van der Waals surface area contributed by atoms with Crippen molar-refractivity contribution in [1.82, 2.24) is 9.55 Å². The van der Waals surface area contributed by atoms with Gasteiger partial charge in [-0.1, -0.05) is 36.4 Å². The fourth-order valence-corrected chi connectivity index (χ4v) is 1.99. The Balaban J connectivity index is 2.13. The maximum Gasteiger partial charge on any atom is 0.144 e. The molecular formula is C15H13N3. The molecule has 3 rings (SSSR count). The van der Waals surface area contributed by atoms with Crippen molar-refractivity contribution in [2.24, 2.45) is 0 Å². The van der Waals surface area contributed by atoms with E-state index in [0.29, 0.717) is 0 Å². The Morgan fingerprint density at radius 2 is 1.78 bits per heavy atom. The monoisotopic (exact) mass is 235 g/mol. The van der Waals surface area contributed by atoms with Crippen LogP contribution in [0, 0.1) is 0 Å². The maximum absolute atomic E-state index is 5.82. The van der Waals surface area contributed by atoms with Crippen molar-refractivity contribution < 1.29 is 0 Å². The van der Waals surface area contributed by atoms with E-state index < -0.39 is 0 Å². The van der Waals surface area contributed by atoms with Gasteiger partial charge in [0.15, 0.2) is 0 Å². The van der Waals surface area contributed by atoms with Crippen molar-refractivity contribution in [3.05, 3.63) is 67.0 Å². The van der Waals surface area contributed by atoms with Gasteiger partial charge in [0.2, 0.25) is 0 Å². The van der Waals surface area contributed by atoms with E-state index in [0.717, 1.165) is 22.8 Å². The first-order valence-corrected chi connectivity index (χ1v) is 5.79. The van der Waals surface area contributed by atoms with Gasteiger partial charge in [0.1, 0.15) is 5.82 Å². The molecule has 1 heterocycles. The Kier molecular flexibility index (Phi) is 2.57. The molecule has 0 atom stereocenters. The van der Waals surface area contributed by atoms with Crippen molar-refractivity contribution in [3.8, 4) is 17.1 Å². The first-order chi connectivity index (χ1) is 8.84. The molecule has 0 radical (unpaired) electrons. The molecule has 3 heteroatoms. The van der Waals surface area contributed by atoms with Crippen LogP contribution in [0.4, 0.5) is 5.69 Å². The fraction of sp³-hybridized carbons (Fsp3) is 0. The summed E-state index contributed by atoms with van der Waals surface area (Å²) < 4.78 is 2.03. The molecule has 0 aliphatic heterocycles. The largest absolute Gasteiger partial charge is 0.399 e. The quantitative estimate of drug-likeness (QED) is 0.693. The molecule has 0 unspecified atom stereocenters. The van der Waals surface area contributed by atoms with E-state index in [1.54, 1.807) is 6.20 Å². The maximum atomic E-state index is 5.82. The van der Waals surface area contributed by atoms with Gasteiger partial charge in [0.05, 0.1) is 0 Å². The van der Waals surface area contributed by atoms with E-state index in [4.69, 9.17) is 5.73 Å². The predicted octanol–water partition coefficient (Wildman–Crippen LogP) is 3.12. The first kappa shape index (κ1) is 10.6. The van der Waals surface area contributed by atoms with E-state index in [9.17, 15) is 0 Å². The Hall–Kier alpha value is -2.55. The molecule has 0 fully saturated rings. The van der Waals surface area contributed by atoms with Gasteiger partial charge in [-0.25, -0.2) is 4.98 Å². The third-order valence-corrected chi connectivity index (χ3v) is 2.82. The number of rotatable bonds is 2. The highest BCUT2D eigenvalue weighted by Gasteiger charge is 2.06. The van der Waals surface area contributed by atoms with E-state index in [2.05, 4.69) is 4.98 Å². The summed E-state index contributed by atoms with van der Waals surface area (Å²) in [6, 6.07) is 17.9. The van der Waals surface area contributed by atoms with Crippen LogP contribution in [0.25, 0.3) is 17.1 Å². The Morgan fingerprint density at radius 1 is 0.944 bits per heavy atom. The number of aromatic nitrogens is 2. The minimum absolute atomic E-state index is 0.750. The number of anilines is 1. The molecule has 88 valence electrons. The third-order valence-electron chi connectivity index (χ3n) is 2.82. The Labute approximate surface area is 106 Å². The number of hydrogen-bond acceptors (Lipinski definition) is 2. The second-order valence-electron chi connectivity index (χ2n) is 4.08. The van der Waals surface area contributed by atoms with Gasteiger partial charge < -0.3 is 5.73 Å². The molecule has 0 bridgehead atoms. The summed E-state index contributed by atoms with van der Waals surface area (Å²) >= 11 is 0.